The van der Waals surface area contributed by atoms with Crippen molar-refractivity contribution < 1.29 is 69.7 Å². The third kappa shape index (κ3) is 6.63. The first-order valence-electron chi connectivity index (χ1n) is 12.5. The van der Waals surface area contributed by atoms with E-state index in [-0.39, 0.29) is 36.5 Å². The van der Waals surface area contributed by atoms with E-state index in [1.807, 2.05) is 0 Å². The van der Waals surface area contributed by atoms with Crippen molar-refractivity contribution in [2.24, 2.45) is 0 Å². The summed E-state index contributed by atoms with van der Waals surface area (Å²) in [4.78, 5) is 13.0. The van der Waals surface area contributed by atoms with Crippen molar-refractivity contribution in [1.29, 1.82) is 0 Å². The van der Waals surface area contributed by atoms with Crippen LogP contribution in [0.15, 0.2) is 36.4 Å². The Morgan fingerprint density at radius 2 is 1.50 bits per heavy atom. The van der Waals surface area contributed by atoms with Crippen LogP contribution in [0.3, 0.4) is 0 Å². The van der Waals surface area contributed by atoms with Crippen molar-refractivity contribution in [3.05, 3.63) is 47.5 Å². The predicted octanol–water partition coefficient (Wildman–Crippen LogP) is -1.74. The second-order valence-electron chi connectivity index (χ2n) is 9.64. The molecule has 2 saturated heterocycles. The predicted molar refractivity (Wildman–Crippen MR) is 132 cm³/mol. The number of phenolic OH excluding ortho intramolecular Hbond substituents is 3. The third-order valence-corrected chi connectivity index (χ3v) is 6.71. The van der Waals surface area contributed by atoms with Crippen molar-refractivity contribution in [2.75, 3.05) is 13.2 Å². The molecule has 2 aromatic rings. The van der Waals surface area contributed by atoms with Crippen molar-refractivity contribution in [2.45, 2.75) is 68.1 Å². The van der Waals surface area contributed by atoms with Gasteiger partial charge in [0.1, 0.15) is 71.3 Å². The van der Waals surface area contributed by atoms with Gasteiger partial charge in [-0.2, -0.15) is 0 Å². The quantitative estimate of drug-likeness (QED) is 0.153. The van der Waals surface area contributed by atoms with Crippen molar-refractivity contribution >= 4 is 5.78 Å². The first kappa shape index (κ1) is 29.9. The molecule has 2 aromatic carbocycles. The molecule has 40 heavy (non-hydrogen) atoms. The van der Waals surface area contributed by atoms with E-state index in [4.69, 9.17) is 18.9 Å². The highest BCUT2D eigenvalue weighted by Crippen LogP contribution is 2.36. The van der Waals surface area contributed by atoms with E-state index in [0.717, 1.165) is 17.7 Å². The normalized spacial score (nSPS) is 32.5. The summed E-state index contributed by atoms with van der Waals surface area (Å²) in [6.45, 7) is -0.867. The summed E-state index contributed by atoms with van der Waals surface area (Å²) >= 11 is 0. The van der Waals surface area contributed by atoms with Gasteiger partial charge in [-0.25, -0.2) is 0 Å². The number of hydrogen-bond donors (Lipinski definition) is 9. The molecule has 0 unspecified atom stereocenters. The van der Waals surface area contributed by atoms with E-state index < -0.39 is 79.2 Å². The number of ether oxygens (including phenoxy) is 4. The number of benzene rings is 2. The van der Waals surface area contributed by atoms with E-state index in [2.05, 4.69) is 0 Å². The van der Waals surface area contributed by atoms with Gasteiger partial charge in [0.05, 0.1) is 13.2 Å². The molecular formula is C26H32O14. The van der Waals surface area contributed by atoms with Crippen LogP contribution in [0.1, 0.15) is 22.3 Å². The van der Waals surface area contributed by atoms with Crippen LogP contribution in [0.5, 0.6) is 23.0 Å². The van der Waals surface area contributed by atoms with Gasteiger partial charge >= 0.3 is 0 Å². The number of aliphatic hydroxyl groups is 6. The lowest BCUT2D eigenvalue weighted by atomic mass is 9.98. The maximum atomic E-state index is 13.0. The number of carbonyl (C=O) groups is 1. The zero-order chi connectivity index (χ0) is 29.1. The SMILES string of the molecule is O=C(CCc1ccc(O)cc1)c1c(O)cc(O)cc1O[C@@H]1O[C@H](CO[C@@H]2OC[C@@H](O)[C@H](O)[C@H]2O)[C@@H](O)[C@H](O)[C@H]1O. The molecule has 4 rings (SSSR count). The summed E-state index contributed by atoms with van der Waals surface area (Å²) in [5.74, 6) is -1.99. The van der Waals surface area contributed by atoms with Gasteiger partial charge in [-0.1, -0.05) is 12.1 Å². The summed E-state index contributed by atoms with van der Waals surface area (Å²) in [5, 5.41) is 90.6. The molecule has 0 aromatic heterocycles. The molecule has 14 heteroatoms. The molecule has 9 N–H and O–H groups in total. The number of ketones is 1. The Labute approximate surface area is 227 Å². The van der Waals surface area contributed by atoms with Gasteiger partial charge in [0.2, 0.25) is 6.29 Å². The highest BCUT2D eigenvalue weighted by molar-refractivity contribution is 6.01. The molecule has 0 spiro atoms. The van der Waals surface area contributed by atoms with Crippen LogP contribution in [0, 0.1) is 0 Å². The lowest BCUT2D eigenvalue weighted by Gasteiger charge is -2.41. The number of carbonyl (C=O) groups excluding carboxylic acids is 1. The standard InChI is InChI=1S/C26H32O14/c27-12-4-1-11(2-5-12)3-6-14(29)19-15(30)7-13(28)8-17(19)39-26-24(36)22(34)21(33)18(40-26)10-38-25-23(35)20(32)16(31)9-37-25/h1-2,4-5,7-8,16,18,20-28,30-36H,3,6,9-10H2/t16-,18-,20+,21-,22+,23-,24-,25+,26-/m1/s1. The molecule has 2 heterocycles. The Hall–Kier alpha value is -3.05. The number of aliphatic hydroxyl groups excluding tert-OH is 6. The maximum Gasteiger partial charge on any atom is 0.229 e. The van der Waals surface area contributed by atoms with Gasteiger partial charge in [-0.15, -0.1) is 0 Å². The van der Waals surface area contributed by atoms with Gasteiger partial charge in [-0.3, -0.25) is 4.79 Å². The summed E-state index contributed by atoms with van der Waals surface area (Å²) in [6, 6.07) is 8.09. The molecule has 2 fully saturated rings. The van der Waals surface area contributed by atoms with E-state index >= 15 is 0 Å². The fourth-order valence-electron chi connectivity index (χ4n) is 4.40. The van der Waals surface area contributed by atoms with Crippen LogP contribution in [-0.4, -0.2) is 120 Å². The van der Waals surface area contributed by atoms with Gasteiger partial charge in [0.15, 0.2) is 12.1 Å². The van der Waals surface area contributed by atoms with Gasteiger partial charge < -0.3 is 64.9 Å². The second kappa shape index (κ2) is 12.6. The molecule has 14 nitrogen and oxygen atoms in total. The monoisotopic (exact) mass is 568 g/mol. The van der Waals surface area contributed by atoms with E-state index in [0.29, 0.717) is 0 Å². The Bertz CT molecular complexity index is 1160. The van der Waals surface area contributed by atoms with Crippen molar-refractivity contribution in [1.82, 2.24) is 0 Å². The first-order chi connectivity index (χ1) is 19.0. The molecule has 0 bridgehead atoms. The molecule has 9 atom stereocenters. The summed E-state index contributed by atoms with van der Waals surface area (Å²) in [6.07, 6.45) is -14.2. The average molecular weight is 569 g/mol. The molecule has 2 aliphatic rings. The topological polar surface area (TPSA) is 236 Å². The minimum absolute atomic E-state index is 0.0582. The Balaban J connectivity index is 1.47. The Kier molecular flexibility index (Phi) is 9.45. The average Bonchev–Trinajstić information content (AvgIpc) is 2.91. The molecule has 0 radical (unpaired) electrons. The van der Waals surface area contributed by atoms with Crippen LogP contribution in [-0.2, 0) is 20.6 Å². The summed E-state index contributed by atoms with van der Waals surface area (Å²) in [5.41, 5.74) is 0.402. The summed E-state index contributed by atoms with van der Waals surface area (Å²) < 4.78 is 21.7. The van der Waals surface area contributed by atoms with Crippen molar-refractivity contribution in [3.63, 3.8) is 0 Å². The Morgan fingerprint density at radius 1 is 0.825 bits per heavy atom. The largest absolute Gasteiger partial charge is 0.508 e. The van der Waals surface area contributed by atoms with Crippen LogP contribution in [0.4, 0.5) is 0 Å². The number of phenols is 3. The van der Waals surface area contributed by atoms with Crippen LogP contribution in [0.25, 0.3) is 0 Å². The van der Waals surface area contributed by atoms with E-state index in [1.165, 1.54) is 12.1 Å². The smallest absolute Gasteiger partial charge is 0.229 e. The van der Waals surface area contributed by atoms with Crippen molar-refractivity contribution in [3.8, 4) is 23.0 Å². The lowest BCUT2D eigenvalue weighted by Crippen LogP contribution is -2.61. The van der Waals surface area contributed by atoms with E-state index in [9.17, 15) is 50.8 Å². The van der Waals surface area contributed by atoms with Crippen LogP contribution in [0.2, 0.25) is 0 Å². The third-order valence-electron chi connectivity index (χ3n) is 6.71. The first-order valence-corrected chi connectivity index (χ1v) is 12.5. The number of rotatable bonds is 9. The molecule has 0 saturated carbocycles. The Morgan fingerprint density at radius 3 is 2.20 bits per heavy atom. The second-order valence-corrected chi connectivity index (χ2v) is 9.64. The number of Topliss-reactive ketones (excluding diaryl/α,β-unsaturated/α-hetero) is 1. The zero-order valence-electron chi connectivity index (χ0n) is 21.1. The lowest BCUT2D eigenvalue weighted by molar-refractivity contribution is -0.307. The molecule has 0 aliphatic carbocycles. The molecule has 0 amide bonds. The highest BCUT2D eigenvalue weighted by atomic mass is 16.7. The summed E-state index contributed by atoms with van der Waals surface area (Å²) in [7, 11) is 0. The maximum absolute atomic E-state index is 13.0. The minimum Gasteiger partial charge on any atom is -0.508 e. The van der Waals surface area contributed by atoms with Crippen LogP contribution < -0.4 is 4.74 Å². The molecule has 220 valence electrons. The fraction of sp³-hybridized carbons (Fsp3) is 0.500. The fourth-order valence-corrected chi connectivity index (χ4v) is 4.40. The van der Waals surface area contributed by atoms with Gasteiger partial charge in [0, 0.05) is 18.6 Å². The number of aromatic hydroxyl groups is 3. The number of hydrogen-bond acceptors (Lipinski definition) is 14. The highest BCUT2D eigenvalue weighted by Gasteiger charge is 2.46. The minimum atomic E-state index is -1.84. The zero-order valence-corrected chi connectivity index (χ0v) is 21.1. The van der Waals surface area contributed by atoms with Gasteiger partial charge in [0.25, 0.3) is 0 Å². The molecule has 2 aliphatic heterocycles. The van der Waals surface area contributed by atoms with Crippen LogP contribution >= 0.6 is 0 Å². The van der Waals surface area contributed by atoms with Gasteiger partial charge in [-0.05, 0) is 24.1 Å². The van der Waals surface area contributed by atoms with E-state index in [1.54, 1.807) is 12.1 Å². The molecular weight excluding hydrogens is 536 g/mol. The number of aryl methyl sites for hydroxylation is 1.